The lowest BCUT2D eigenvalue weighted by molar-refractivity contribution is 0.133. The maximum absolute atomic E-state index is 13.8. The Balaban J connectivity index is 1.90. The van der Waals surface area contributed by atoms with E-state index in [9.17, 15) is 8.78 Å². The Labute approximate surface area is 100 Å². The van der Waals surface area contributed by atoms with Crippen LogP contribution in [0.15, 0.2) is 18.2 Å². The fourth-order valence-electron chi connectivity index (χ4n) is 3.01. The van der Waals surface area contributed by atoms with Crippen LogP contribution in [0.4, 0.5) is 8.78 Å². The van der Waals surface area contributed by atoms with E-state index in [-0.39, 0.29) is 5.54 Å². The van der Waals surface area contributed by atoms with Gasteiger partial charge >= 0.3 is 0 Å². The van der Waals surface area contributed by atoms with Gasteiger partial charge in [-0.25, -0.2) is 8.78 Å². The van der Waals surface area contributed by atoms with Crippen LogP contribution >= 0.6 is 0 Å². The first-order valence-corrected chi connectivity index (χ1v) is 6.19. The van der Waals surface area contributed by atoms with Crippen LogP contribution in [0.5, 0.6) is 0 Å². The molecule has 2 atom stereocenters. The van der Waals surface area contributed by atoms with Crippen LogP contribution in [0.2, 0.25) is 0 Å². The van der Waals surface area contributed by atoms with E-state index in [1.54, 1.807) is 6.07 Å². The van der Waals surface area contributed by atoms with Crippen molar-refractivity contribution in [1.29, 1.82) is 0 Å². The molecule has 1 aromatic rings. The van der Waals surface area contributed by atoms with Gasteiger partial charge in [0.05, 0.1) is 0 Å². The van der Waals surface area contributed by atoms with E-state index in [1.807, 2.05) is 13.8 Å². The van der Waals surface area contributed by atoms with Crippen LogP contribution in [-0.2, 0) is 5.54 Å². The molecule has 0 radical (unpaired) electrons. The summed E-state index contributed by atoms with van der Waals surface area (Å²) >= 11 is 0. The summed E-state index contributed by atoms with van der Waals surface area (Å²) in [6.45, 7) is 6.14. The molecule has 1 saturated carbocycles. The number of nitrogens with zero attached hydrogens (tertiary/aromatic N) is 1. The molecule has 0 bridgehead atoms. The lowest BCUT2D eigenvalue weighted by Crippen LogP contribution is -2.41. The molecule has 0 aromatic heterocycles. The van der Waals surface area contributed by atoms with Gasteiger partial charge in [0.2, 0.25) is 0 Å². The quantitative estimate of drug-likeness (QED) is 0.763. The average Bonchev–Trinajstić information content (AvgIpc) is 2.85. The summed E-state index contributed by atoms with van der Waals surface area (Å²) in [6.07, 6.45) is 1.33. The summed E-state index contributed by atoms with van der Waals surface area (Å²) in [5, 5.41) is 0. The van der Waals surface area contributed by atoms with Gasteiger partial charge in [0, 0.05) is 30.3 Å². The average molecular weight is 237 g/mol. The lowest BCUT2D eigenvalue weighted by Gasteiger charge is -2.37. The Kier molecular flexibility index (Phi) is 2.31. The molecular weight excluding hydrogens is 220 g/mol. The summed E-state index contributed by atoms with van der Waals surface area (Å²) in [7, 11) is 0. The predicted molar refractivity (Wildman–Crippen MR) is 62.6 cm³/mol. The molecule has 1 aromatic carbocycles. The Morgan fingerprint density at radius 3 is 2.41 bits per heavy atom. The van der Waals surface area contributed by atoms with E-state index in [1.165, 1.54) is 12.5 Å². The van der Waals surface area contributed by atoms with E-state index in [2.05, 4.69) is 4.90 Å². The van der Waals surface area contributed by atoms with Crippen LogP contribution in [0, 0.1) is 23.5 Å². The molecule has 92 valence electrons. The monoisotopic (exact) mass is 237 g/mol. The zero-order valence-corrected chi connectivity index (χ0v) is 10.2. The number of hydrogen-bond acceptors (Lipinski definition) is 1. The molecule has 3 rings (SSSR count). The summed E-state index contributed by atoms with van der Waals surface area (Å²) < 4.78 is 26.8. The minimum Gasteiger partial charge on any atom is -0.293 e. The maximum atomic E-state index is 13.8. The first-order valence-electron chi connectivity index (χ1n) is 6.19. The van der Waals surface area contributed by atoms with Crippen LogP contribution in [0.25, 0.3) is 0 Å². The third-order valence-electron chi connectivity index (χ3n) is 4.36. The minimum absolute atomic E-state index is 0.342. The van der Waals surface area contributed by atoms with Crippen molar-refractivity contribution in [3.8, 4) is 0 Å². The molecule has 1 heterocycles. The predicted octanol–water partition coefficient (Wildman–Crippen LogP) is 3.15. The minimum atomic E-state index is -0.508. The number of benzene rings is 1. The smallest absolute Gasteiger partial charge is 0.131 e. The molecule has 0 N–H and O–H groups in total. The van der Waals surface area contributed by atoms with Crippen molar-refractivity contribution in [2.24, 2.45) is 11.8 Å². The van der Waals surface area contributed by atoms with Crippen LogP contribution in [-0.4, -0.2) is 18.0 Å². The molecule has 1 aliphatic heterocycles. The SMILES string of the molecule is CC(C)(c1ccc(F)cc1F)N1CC2CC2C1. The highest BCUT2D eigenvalue weighted by molar-refractivity contribution is 5.26. The Bertz CT molecular complexity index is 446. The molecule has 2 unspecified atom stereocenters. The molecule has 3 heteroatoms. The molecule has 2 aliphatic rings. The Hall–Kier alpha value is -0.960. The number of rotatable bonds is 2. The van der Waals surface area contributed by atoms with E-state index in [0.717, 1.165) is 31.0 Å². The number of likely N-dealkylation sites (tertiary alicyclic amines) is 1. The van der Waals surface area contributed by atoms with Crippen LogP contribution in [0.1, 0.15) is 25.8 Å². The maximum Gasteiger partial charge on any atom is 0.131 e. The van der Waals surface area contributed by atoms with Crippen molar-refractivity contribution in [3.63, 3.8) is 0 Å². The van der Waals surface area contributed by atoms with Gasteiger partial charge in [-0.05, 0) is 38.2 Å². The highest BCUT2D eigenvalue weighted by Crippen LogP contribution is 2.48. The van der Waals surface area contributed by atoms with E-state index < -0.39 is 11.6 Å². The molecule has 1 nitrogen and oxygen atoms in total. The van der Waals surface area contributed by atoms with E-state index >= 15 is 0 Å². The second kappa shape index (κ2) is 3.52. The number of halogens is 2. The van der Waals surface area contributed by atoms with E-state index in [0.29, 0.717) is 5.56 Å². The standard InChI is InChI=1S/C14H17F2N/c1-14(2,17-7-9-5-10(9)8-17)12-4-3-11(15)6-13(12)16/h3-4,6,9-10H,5,7-8H2,1-2H3. The van der Waals surface area contributed by atoms with E-state index in [4.69, 9.17) is 0 Å². The summed E-state index contributed by atoms with van der Waals surface area (Å²) in [5.74, 6) is 0.692. The fourth-order valence-corrected chi connectivity index (χ4v) is 3.01. The second-order valence-corrected chi connectivity index (χ2v) is 5.84. The van der Waals surface area contributed by atoms with Crippen molar-refractivity contribution < 1.29 is 8.78 Å². The zero-order valence-electron chi connectivity index (χ0n) is 10.2. The van der Waals surface area contributed by atoms with Gasteiger partial charge in [-0.1, -0.05) is 6.07 Å². The van der Waals surface area contributed by atoms with Crippen molar-refractivity contribution in [1.82, 2.24) is 4.90 Å². The summed E-state index contributed by atoms with van der Waals surface area (Å²) in [5.41, 5.74) is 0.255. The number of piperidine rings is 1. The largest absolute Gasteiger partial charge is 0.293 e. The van der Waals surface area contributed by atoms with Crippen LogP contribution in [0.3, 0.4) is 0 Å². The van der Waals surface area contributed by atoms with Crippen molar-refractivity contribution in [3.05, 3.63) is 35.4 Å². The topological polar surface area (TPSA) is 3.24 Å². The van der Waals surface area contributed by atoms with Gasteiger partial charge < -0.3 is 0 Å². The van der Waals surface area contributed by atoms with Gasteiger partial charge in [-0.15, -0.1) is 0 Å². The first-order chi connectivity index (χ1) is 7.98. The van der Waals surface area contributed by atoms with Crippen LogP contribution < -0.4 is 0 Å². The third kappa shape index (κ3) is 1.77. The molecule has 1 saturated heterocycles. The Morgan fingerprint density at radius 2 is 1.82 bits per heavy atom. The molecule has 2 fully saturated rings. The van der Waals surface area contributed by atoms with Gasteiger partial charge in [0.15, 0.2) is 0 Å². The van der Waals surface area contributed by atoms with Gasteiger partial charge in [0.25, 0.3) is 0 Å². The highest BCUT2D eigenvalue weighted by Gasteiger charge is 2.49. The number of hydrogen-bond donors (Lipinski definition) is 0. The third-order valence-corrected chi connectivity index (χ3v) is 4.36. The van der Waals surface area contributed by atoms with Crippen molar-refractivity contribution >= 4 is 0 Å². The van der Waals surface area contributed by atoms with Gasteiger partial charge in [-0.3, -0.25) is 4.90 Å². The number of fused-ring (bicyclic) bond motifs is 1. The van der Waals surface area contributed by atoms with Gasteiger partial charge in [-0.2, -0.15) is 0 Å². The van der Waals surface area contributed by atoms with Gasteiger partial charge in [0.1, 0.15) is 11.6 Å². The first kappa shape index (κ1) is 11.1. The fraction of sp³-hybridized carbons (Fsp3) is 0.571. The zero-order chi connectivity index (χ0) is 12.2. The highest BCUT2D eigenvalue weighted by atomic mass is 19.1. The second-order valence-electron chi connectivity index (χ2n) is 5.84. The molecule has 0 spiro atoms. The molecular formula is C14H17F2N. The molecule has 17 heavy (non-hydrogen) atoms. The Morgan fingerprint density at radius 1 is 1.18 bits per heavy atom. The normalized spacial score (nSPS) is 28.2. The van der Waals surface area contributed by atoms with Crippen molar-refractivity contribution in [2.45, 2.75) is 25.8 Å². The lowest BCUT2D eigenvalue weighted by atomic mass is 9.91. The molecule has 1 aliphatic carbocycles. The summed E-state index contributed by atoms with van der Waals surface area (Å²) in [4.78, 5) is 2.32. The van der Waals surface area contributed by atoms with Crippen molar-refractivity contribution in [2.75, 3.05) is 13.1 Å². The summed E-state index contributed by atoms with van der Waals surface area (Å²) in [6, 6.07) is 3.90. The molecule has 0 amide bonds.